The molecule has 20 heavy (non-hydrogen) atoms. The van der Waals surface area contributed by atoms with Crippen molar-refractivity contribution in [3.8, 4) is 11.8 Å². The van der Waals surface area contributed by atoms with E-state index in [1.54, 1.807) is 0 Å². The summed E-state index contributed by atoms with van der Waals surface area (Å²) in [6.07, 6.45) is 5.17. The van der Waals surface area contributed by atoms with E-state index < -0.39 is 0 Å². The SMILES string of the molecule is CC1(C)CCCC(NCc2cccc(OCC#N)c2)C1. The Morgan fingerprint density at radius 1 is 1.45 bits per heavy atom. The maximum atomic E-state index is 8.53. The fourth-order valence-corrected chi connectivity index (χ4v) is 3.00. The highest BCUT2D eigenvalue weighted by Gasteiger charge is 2.27. The quantitative estimate of drug-likeness (QED) is 0.890. The zero-order valence-electron chi connectivity index (χ0n) is 12.5. The molecule has 1 saturated carbocycles. The molecular weight excluding hydrogens is 248 g/mol. The normalized spacial score (nSPS) is 21.1. The average Bonchev–Trinajstić information content (AvgIpc) is 2.42. The Morgan fingerprint density at radius 3 is 3.05 bits per heavy atom. The summed E-state index contributed by atoms with van der Waals surface area (Å²) in [5.41, 5.74) is 1.68. The van der Waals surface area contributed by atoms with Crippen LogP contribution in [0.4, 0.5) is 0 Å². The summed E-state index contributed by atoms with van der Waals surface area (Å²) in [6, 6.07) is 10.6. The zero-order chi connectivity index (χ0) is 14.4. The number of benzene rings is 1. The van der Waals surface area contributed by atoms with Gasteiger partial charge in [-0.2, -0.15) is 5.26 Å². The largest absolute Gasteiger partial charge is 0.479 e. The Morgan fingerprint density at radius 2 is 2.30 bits per heavy atom. The molecule has 1 aliphatic rings. The van der Waals surface area contributed by atoms with Gasteiger partial charge in [0.15, 0.2) is 6.61 Å². The Balaban J connectivity index is 1.86. The van der Waals surface area contributed by atoms with E-state index in [1.807, 2.05) is 24.3 Å². The average molecular weight is 272 g/mol. The summed E-state index contributed by atoms with van der Waals surface area (Å²) in [5.74, 6) is 0.773. The van der Waals surface area contributed by atoms with Crippen LogP contribution in [0.1, 0.15) is 45.1 Å². The first-order chi connectivity index (χ1) is 9.59. The highest BCUT2D eigenvalue weighted by atomic mass is 16.5. The fourth-order valence-electron chi connectivity index (χ4n) is 3.00. The van der Waals surface area contributed by atoms with Crippen molar-refractivity contribution in [3.05, 3.63) is 29.8 Å². The minimum atomic E-state index is 0.105. The lowest BCUT2D eigenvalue weighted by Crippen LogP contribution is -2.36. The van der Waals surface area contributed by atoms with Crippen LogP contribution in [0.15, 0.2) is 24.3 Å². The van der Waals surface area contributed by atoms with E-state index in [0.717, 1.165) is 12.3 Å². The van der Waals surface area contributed by atoms with Crippen molar-refractivity contribution in [2.24, 2.45) is 5.41 Å². The van der Waals surface area contributed by atoms with Gasteiger partial charge in [0.2, 0.25) is 0 Å². The molecule has 1 aliphatic carbocycles. The lowest BCUT2D eigenvalue weighted by atomic mass is 9.75. The van der Waals surface area contributed by atoms with Crippen molar-refractivity contribution in [2.75, 3.05) is 6.61 Å². The molecular formula is C17H24N2O. The molecule has 0 aliphatic heterocycles. The summed E-state index contributed by atoms with van der Waals surface area (Å²) >= 11 is 0. The van der Waals surface area contributed by atoms with Gasteiger partial charge in [-0.25, -0.2) is 0 Å². The number of hydrogen-bond acceptors (Lipinski definition) is 3. The smallest absolute Gasteiger partial charge is 0.174 e. The van der Waals surface area contributed by atoms with E-state index in [4.69, 9.17) is 10.00 Å². The number of ether oxygens (including phenoxy) is 1. The first kappa shape index (κ1) is 14.9. The van der Waals surface area contributed by atoms with Crippen LogP contribution in [0, 0.1) is 16.7 Å². The van der Waals surface area contributed by atoms with Crippen molar-refractivity contribution >= 4 is 0 Å². The zero-order valence-corrected chi connectivity index (χ0v) is 12.5. The molecule has 2 rings (SSSR count). The van der Waals surface area contributed by atoms with Crippen LogP contribution >= 0.6 is 0 Å². The van der Waals surface area contributed by atoms with Gasteiger partial charge in [0, 0.05) is 12.6 Å². The topological polar surface area (TPSA) is 45.0 Å². The van der Waals surface area contributed by atoms with Crippen LogP contribution in [0.5, 0.6) is 5.75 Å². The Labute approximate surface area is 121 Å². The highest BCUT2D eigenvalue weighted by Crippen LogP contribution is 2.35. The van der Waals surface area contributed by atoms with Crippen LogP contribution in [-0.4, -0.2) is 12.6 Å². The van der Waals surface area contributed by atoms with Crippen molar-refractivity contribution in [1.82, 2.24) is 5.32 Å². The van der Waals surface area contributed by atoms with Crippen LogP contribution < -0.4 is 10.1 Å². The van der Waals surface area contributed by atoms with E-state index in [2.05, 4.69) is 25.2 Å². The second-order valence-electron chi connectivity index (χ2n) is 6.43. The Hall–Kier alpha value is -1.53. The summed E-state index contributed by atoms with van der Waals surface area (Å²) < 4.78 is 5.33. The number of hydrogen-bond donors (Lipinski definition) is 1. The molecule has 1 N–H and O–H groups in total. The van der Waals surface area contributed by atoms with E-state index in [-0.39, 0.29) is 6.61 Å². The lowest BCUT2D eigenvalue weighted by Gasteiger charge is -2.35. The summed E-state index contributed by atoms with van der Waals surface area (Å²) in [7, 11) is 0. The predicted octanol–water partition coefficient (Wildman–Crippen LogP) is 3.65. The molecule has 0 bridgehead atoms. The molecule has 1 unspecified atom stereocenters. The van der Waals surface area contributed by atoms with Gasteiger partial charge in [0.1, 0.15) is 11.8 Å². The third kappa shape index (κ3) is 4.54. The maximum Gasteiger partial charge on any atom is 0.174 e. The van der Waals surface area contributed by atoms with Gasteiger partial charge in [-0.3, -0.25) is 0 Å². The van der Waals surface area contributed by atoms with Crippen LogP contribution in [-0.2, 0) is 6.54 Å². The molecule has 0 spiro atoms. The third-order valence-electron chi connectivity index (χ3n) is 4.00. The van der Waals surface area contributed by atoms with Gasteiger partial charge < -0.3 is 10.1 Å². The molecule has 0 heterocycles. The van der Waals surface area contributed by atoms with Crippen LogP contribution in [0.3, 0.4) is 0 Å². The second kappa shape index (κ2) is 6.76. The van der Waals surface area contributed by atoms with Crippen molar-refractivity contribution in [1.29, 1.82) is 5.26 Å². The lowest BCUT2D eigenvalue weighted by molar-refractivity contribution is 0.197. The Bertz CT molecular complexity index is 476. The van der Waals surface area contributed by atoms with Crippen molar-refractivity contribution in [2.45, 2.75) is 52.1 Å². The van der Waals surface area contributed by atoms with Gasteiger partial charge in [-0.15, -0.1) is 0 Å². The van der Waals surface area contributed by atoms with Gasteiger partial charge in [0.25, 0.3) is 0 Å². The standard InChI is InChI=1S/C17H24N2O/c1-17(2)8-4-6-15(12-17)19-13-14-5-3-7-16(11-14)20-10-9-18/h3,5,7,11,15,19H,4,6,8,10,12-13H2,1-2H3. The van der Waals surface area contributed by atoms with Crippen molar-refractivity contribution in [3.63, 3.8) is 0 Å². The van der Waals surface area contributed by atoms with Gasteiger partial charge >= 0.3 is 0 Å². The molecule has 1 atom stereocenters. The second-order valence-corrected chi connectivity index (χ2v) is 6.43. The van der Waals surface area contributed by atoms with Gasteiger partial charge in [-0.1, -0.05) is 32.4 Å². The highest BCUT2D eigenvalue weighted by molar-refractivity contribution is 5.28. The molecule has 3 nitrogen and oxygen atoms in total. The molecule has 1 fully saturated rings. The van der Waals surface area contributed by atoms with Crippen LogP contribution in [0.2, 0.25) is 0 Å². The van der Waals surface area contributed by atoms with Gasteiger partial charge in [-0.05, 0) is 42.4 Å². The van der Waals surface area contributed by atoms with Crippen LogP contribution in [0.25, 0.3) is 0 Å². The van der Waals surface area contributed by atoms with Crippen molar-refractivity contribution < 1.29 is 4.74 Å². The first-order valence-electron chi connectivity index (χ1n) is 7.41. The van der Waals surface area contributed by atoms with Gasteiger partial charge in [0.05, 0.1) is 0 Å². The minimum absolute atomic E-state index is 0.105. The predicted molar refractivity (Wildman–Crippen MR) is 80.4 cm³/mol. The minimum Gasteiger partial charge on any atom is -0.479 e. The number of nitrogens with zero attached hydrogens (tertiary/aromatic N) is 1. The van der Waals surface area contributed by atoms with E-state index >= 15 is 0 Å². The molecule has 3 heteroatoms. The van der Waals surface area contributed by atoms with E-state index in [9.17, 15) is 0 Å². The number of nitriles is 1. The fraction of sp³-hybridized carbons (Fsp3) is 0.588. The summed E-state index contributed by atoms with van der Waals surface area (Å²) in [6.45, 7) is 5.69. The monoisotopic (exact) mass is 272 g/mol. The molecule has 0 radical (unpaired) electrons. The molecule has 0 amide bonds. The molecule has 0 aromatic heterocycles. The summed E-state index contributed by atoms with van der Waals surface area (Å²) in [5, 5.41) is 12.2. The van der Waals surface area contributed by atoms with E-state index in [1.165, 1.54) is 31.2 Å². The number of nitrogens with one attached hydrogen (secondary N) is 1. The molecule has 0 saturated heterocycles. The maximum absolute atomic E-state index is 8.53. The molecule has 1 aromatic rings. The molecule has 108 valence electrons. The third-order valence-corrected chi connectivity index (χ3v) is 4.00. The number of rotatable bonds is 5. The van der Waals surface area contributed by atoms with E-state index in [0.29, 0.717) is 11.5 Å². The first-order valence-corrected chi connectivity index (χ1v) is 7.41. The molecule has 1 aromatic carbocycles. The Kier molecular flexibility index (Phi) is 5.03. The summed E-state index contributed by atoms with van der Waals surface area (Å²) in [4.78, 5) is 0.